The van der Waals surface area contributed by atoms with Crippen molar-refractivity contribution in [3.8, 4) is 0 Å². The second kappa shape index (κ2) is 3.61. The van der Waals surface area contributed by atoms with Gasteiger partial charge in [0, 0.05) is 15.9 Å². The maximum Gasteiger partial charge on any atom is 0.255 e. The van der Waals surface area contributed by atoms with Gasteiger partial charge in [-0.15, -0.1) is 0 Å². The average molecular weight is 306 g/mol. The molecule has 1 atom stereocenters. The van der Waals surface area contributed by atoms with E-state index in [-0.39, 0.29) is 6.42 Å². The minimum Gasteiger partial charge on any atom is -0.206 e. The molecule has 1 aliphatic carbocycles. The van der Waals surface area contributed by atoms with Gasteiger partial charge < -0.3 is 0 Å². The van der Waals surface area contributed by atoms with Crippen LogP contribution < -0.4 is 0 Å². The predicted octanol–water partition coefficient (Wildman–Crippen LogP) is 3.96. The molecule has 2 rings (SSSR count). The van der Waals surface area contributed by atoms with Crippen molar-refractivity contribution in [3.05, 3.63) is 39.5 Å². The summed E-state index contributed by atoms with van der Waals surface area (Å²) < 4.78 is 26.2. The molecule has 1 unspecified atom stereocenters. The molecule has 1 aromatic rings. The number of benzene rings is 1. The first-order chi connectivity index (χ1) is 6.59. The van der Waals surface area contributed by atoms with Crippen LogP contribution in [0.3, 0.4) is 0 Å². The highest BCUT2D eigenvalue weighted by molar-refractivity contribution is 14.1. The molecular weight excluding hydrogens is 297 g/mol. The van der Waals surface area contributed by atoms with E-state index < -0.39 is 11.8 Å². The second-order valence-electron chi connectivity index (χ2n) is 3.45. The predicted molar refractivity (Wildman–Crippen MR) is 61.2 cm³/mol. The van der Waals surface area contributed by atoms with E-state index >= 15 is 0 Å². The Morgan fingerprint density at radius 3 is 2.57 bits per heavy atom. The van der Waals surface area contributed by atoms with E-state index in [1.165, 1.54) is 0 Å². The highest BCUT2D eigenvalue weighted by Gasteiger charge is 2.54. The number of hydrogen-bond donors (Lipinski definition) is 0. The molecule has 0 heterocycles. The zero-order valence-corrected chi connectivity index (χ0v) is 9.54. The Kier molecular flexibility index (Phi) is 2.60. The number of rotatable bonds is 2. The molecule has 3 heteroatoms. The molecule has 0 bridgehead atoms. The smallest absolute Gasteiger partial charge is 0.206 e. The molecule has 0 amide bonds. The lowest BCUT2D eigenvalue weighted by Gasteiger charge is -1.96. The fourth-order valence-corrected chi connectivity index (χ4v) is 1.84. The summed E-state index contributed by atoms with van der Waals surface area (Å²) in [5, 5.41) is 0. The van der Waals surface area contributed by atoms with Crippen molar-refractivity contribution in [2.45, 2.75) is 12.3 Å². The highest BCUT2D eigenvalue weighted by atomic mass is 127. The molecule has 0 aliphatic heterocycles. The minimum atomic E-state index is -2.45. The van der Waals surface area contributed by atoms with Crippen LogP contribution >= 0.6 is 22.6 Å². The van der Waals surface area contributed by atoms with Gasteiger partial charge in [-0.2, -0.15) is 0 Å². The zero-order chi connectivity index (χ0) is 10.2. The summed E-state index contributed by atoms with van der Waals surface area (Å²) in [5.41, 5.74) is 1.01. The molecule has 0 aromatic heterocycles. The molecule has 1 fully saturated rings. The van der Waals surface area contributed by atoms with Gasteiger partial charge in [0.1, 0.15) is 0 Å². The van der Waals surface area contributed by atoms with Crippen molar-refractivity contribution in [1.82, 2.24) is 0 Å². The van der Waals surface area contributed by atoms with Crippen LogP contribution in [0.5, 0.6) is 0 Å². The quantitative estimate of drug-likeness (QED) is 0.726. The molecule has 14 heavy (non-hydrogen) atoms. The first-order valence-corrected chi connectivity index (χ1v) is 5.48. The largest absolute Gasteiger partial charge is 0.255 e. The van der Waals surface area contributed by atoms with Gasteiger partial charge >= 0.3 is 0 Å². The van der Waals surface area contributed by atoms with Gasteiger partial charge in [-0.25, -0.2) is 8.78 Å². The Labute approximate surface area is 95.2 Å². The average Bonchev–Trinajstić information content (AvgIpc) is 2.73. The molecule has 0 radical (unpaired) electrons. The van der Waals surface area contributed by atoms with Crippen LogP contribution in [0.1, 0.15) is 12.0 Å². The SMILES string of the molecule is FC1(F)CC1/C=C/c1ccccc1I. The van der Waals surface area contributed by atoms with Crippen LogP contribution in [0.15, 0.2) is 30.3 Å². The van der Waals surface area contributed by atoms with E-state index in [2.05, 4.69) is 22.6 Å². The van der Waals surface area contributed by atoms with Gasteiger partial charge in [0.2, 0.25) is 0 Å². The number of allylic oxidation sites excluding steroid dienone is 1. The van der Waals surface area contributed by atoms with Crippen molar-refractivity contribution in [1.29, 1.82) is 0 Å². The summed E-state index contributed by atoms with van der Waals surface area (Å²) in [7, 11) is 0. The van der Waals surface area contributed by atoms with Gasteiger partial charge in [0.05, 0.1) is 0 Å². The first kappa shape index (κ1) is 10.1. The van der Waals surface area contributed by atoms with Crippen LogP contribution in [0.2, 0.25) is 0 Å². The van der Waals surface area contributed by atoms with Crippen LogP contribution in [-0.2, 0) is 0 Å². The lowest BCUT2D eigenvalue weighted by Crippen LogP contribution is -1.89. The first-order valence-electron chi connectivity index (χ1n) is 4.40. The highest BCUT2D eigenvalue weighted by Crippen LogP contribution is 2.49. The Hall–Kier alpha value is -0.450. The van der Waals surface area contributed by atoms with E-state index in [0.717, 1.165) is 9.13 Å². The van der Waals surface area contributed by atoms with Crippen molar-refractivity contribution >= 4 is 28.7 Å². The fraction of sp³-hybridized carbons (Fsp3) is 0.273. The van der Waals surface area contributed by atoms with Crippen LogP contribution in [0.4, 0.5) is 8.78 Å². The molecule has 1 saturated carbocycles. The lowest BCUT2D eigenvalue weighted by molar-refractivity contribution is 0.107. The summed E-state index contributed by atoms with van der Waals surface area (Å²) in [6.07, 6.45) is 3.40. The summed E-state index contributed by atoms with van der Waals surface area (Å²) in [4.78, 5) is 0. The normalized spacial score (nSPS) is 24.1. The van der Waals surface area contributed by atoms with E-state index in [0.29, 0.717) is 0 Å². The van der Waals surface area contributed by atoms with Crippen LogP contribution in [0.25, 0.3) is 6.08 Å². The summed E-state index contributed by atoms with van der Waals surface area (Å²) in [6, 6.07) is 7.74. The van der Waals surface area contributed by atoms with Gasteiger partial charge in [-0.3, -0.25) is 0 Å². The van der Waals surface area contributed by atoms with E-state index in [4.69, 9.17) is 0 Å². The number of halogens is 3. The third kappa shape index (κ3) is 2.13. The molecule has 0 N–H and O–H groups in total. The zero-order valence-electron chi connectivity index (χ0n) is 7.38. The summed E-state index contributed by atoms with van der Waals surface area (Å²) >= 11 is 2.20. The van der Waals surface area contributed by atoms with Crippen molar-refractivity contribution in [2.24, 2.45) is 5.92 Å². The molecule has 0 saturated heterocycles. The summed E-state index contributed by atoms with van der Waals surface area (Å²) in [5.74, 6) is -2.99. The minimum absolute atomic E-state index is 0.00686. The molecular formula is C11H9F2I. The van der Waals surface area contributed by atoms with Crippen LogP contribution in [-0.4, -0.2) is 5.92 Å². The Morgan fingerprint density at radius 2 is 2.00 bits per heavy atom. The number of hydrogen-bond acceptors (Lipinski definition) is 0. The maximum absolute atomic E-state index is 12.5. The van der Waals surface area contributed by atoms with Gasteiger partial charge in [0.15, 0.2) is 0 Å². The van der Waals surface area contributed by atoms with Crippen molar-refractivity contribution in [2.75, 3.05) is 0 Å². The molecule has 0 spiro atoms. The van der Waals surface area contributed by atoms with Gasteiger partial charge in [-0.1, -0.05) is 30.4 Å². The van der Waals surface area contributed by atoms with Crippen LogP contribution in [0, 0.1) is 9.49 Å². The Morgan fingerprint density at radius 1 is 1.36 bits per heavy atom. The second-order valence-corrected chi connectivity index (χ2v) is 4.61. The third-order valence-electron chi connectivity index (χ3n) is 2.29. The van der Waals surface area contributed by atoms with E-state index in [9.17, 15) is 8.78 Å². The Balaban J connectivity index is 2.08. The van der Waals surface area contributed by atoms with Crippen molar-refractivity contribution in [3.63, 3.8) is 0 Å². The maximum atomic E-state index is 12.5. The standard InChI is InChI=1S/C11H9F2I/c12-11(13)7-9(11)6-5-8-3-1-2-4-10(8)14/h1-6,9H,7H2/b6-5+. The van der Waals surface area contributed by atoms with Gasteiger partial charge in [0.25, 0.3) is 5.92 Å². The fourth-order valence-electron chi connectivity index (χ4n) is 1.27. The number of alkyl halides is 2. The Bertz CT molecular complexity index is 371. The molecule has 0 nitrogen and oxygen atoms in total. The topological polar surface area (TPSA) is 0 Å². The summed E-state index contributed by atoms with van der Waals surface area (Å²) in [6.45, 7) is 0. The third-order valence-corrected chi connectivity index (χ3v) is 3.27. The molecule has 1 aliphatic rings. The van der Waals surface area contributed by atoms with Gasteiger partial charge in [-0.05, 0) is 34.2 Å². The van der Waals surface area contributed by atoms with E-state index in [1.54, 1.807) is 12.2 Å². The lowest BCUT2D eigenvalue weighted by atomic mass is 10.2. The van der Waals surface area contributed by atoms with E-state index in [1.807, 2.05) is 24.3 Å². The molecule has 1 aromatic carbocycles. The van der Waals surface area contributed by atoms with Crippen molar-refractivity contribution < 1.29 is 8.78 Å². The monoisotopic (exact) mass is 306 g/mol. The molecule has 74 valence electrons.